The lowest BCUT2D eigenvalue weighted by Gasteiger charge is -2.24. The van der Waals surface area contributed by atoms with Crippen LogP contribution in [-0.2, 0) is 27.0 Å². The SMILES string of the molecule is CCC(F)(C(=O)O)c1ccnc(N(Cc2ccc(OC)cc2)S(=O)(=O)C2CC2)n1. The maximum Gasteiger partial charge on any atom is 0.347 e. The quantitative estimate of drug-likeness (QED) is 0.660. The van der Waals surface area contributed by atoms with Crippen molar-refractivity contribution in [2.45, 2.75) is 43.6 Å². The zero-order chi connectivity index (χ0) is 21.2. The number of ether oxygens (including phenoxy) is 1. The van der Waals surface area contributed by atoms with Crippen LogP contribution in [0.4, 0.5) is 10.3 Å². The lowest BCUT2D eigenvalue weighted by atomic mass is 9.99. The number of anilines is 1. The third-order valence-corrected chi connectivity index (χ3v) is 7.06. The van der Waals surface area contributed by atoms with Crippen molar-refractivity contribution in [1.82, 2.24) is 9.97 Å². The second kappa shape index (κ2) is 7.94. The Kier molecular flexibility index (Phi) is 5.74. The minimum Gasteiger partial charge on any atom is -0.497 e. The topological polar surface area (TPSA) is 110 Å². The van der Waals surface area contributed by atoms with Crippen LogP contribution < -0.4 is 9.04 Å². The summed E-state index contributed by atoms with van der Waals surface area (Å²) in [5, 5.41) is 8.73. The molecule has 0 amide bonds. The molecule has 0 radical (unpaired) electrons. The predicted octanol–water partition coefficient (Wildman–Crippen LogP) is 2.64. The molecule has 29 heavy (non-hydrogen) atoms. The van der Waals surface area contributed by atoms with Crippen molar-refractivity contribution < 1.29 is 27.4 Å². The molecule has 156 valence electrons. The van der Waals surface area contributed by atoms with Crippen molar-refractivity contribution in [2.24, 2.45) is 0 Å². The molecule has 1 fully saturated rings. The Balaban J connectivity index is 2.02. The van der Waals surface area contributed by atoms with Crippen molar-refractivity contribution in [3.8, 4) is 5.75 Å². The van der Waals surface area contributed by atoms with Gasteiger partial charge in [-0.15, -0.1) is 0 Å². The zero-order valence-corrected chi connectivity index (χ0v) is 16.9. The standard InChI is InChI=1S/C19H22FN3O5S/c1-3-19(20,17(24)25)16-10-11-21-18(22-16)23(29(26,27)15-8-9-15)12-13-4-6-14(28-2)7-5-13/h4-7,10-11,15H,3,8-9,12H2,1-2H3,(H,24,25). The molecule has 2 aromatic rings. The number of carboxylic acid groups (broad SMARTS) is 1. The summed E-state index contributed by atoms with van der Waals surface area (Å²) in [6.07, 6.45) is 1.87. The van der Waals surface area contributed by atoms with Gasteiger partial charge in [0.05, 0.1) is 24.6 Å². The number of rotatable bonds is 9. The van der Waals surface area contributed by atoms with E-state index in [9.17, 15) is 22.7 Å². The van der Waals surface area contributed by atoms with Gasteiger partial charge in [0.1, 0.15) is 5.75 Å². The van der Waals surface area contributed by atoms with Gasteiger partial charge in [-0.05, 0) is 43.0 Å². The lowest BCUT2D eigenvalue weighted by molar-refractivity contribution is -0.152. The summed E-state index contributed by atoms with van der Waals surface area (Å²) in [7, 11) is -2.25. The van der Waals surface area contributed by atoms with E-state index in [1.54, 1.807) is 24.3 Å². The van der Waals surface area contributed by atoms with Crippen molar-refractivity contribution in [2.75, 3.05) is 11.4 Å². The fraction of sp³-hybridized carbons (Fsp3) is 0.421. The van der Waals surface area contributed by atoms with Crippen molar-refractivity contribution in [3.05, 3.63) is 47.8 Å². The van der Waals surface area contributed by atoms with E-state index in [1.165, 1.54) is 20.2 Å². The second-order valence-corrected chi connectivity index (χ2v) is 8.94. The Morgan fingerprint density at radius 3 is 2.48 bits per heavy atom. The molecular weight excluding hydrogens is 401 g/mol. The van der Waals surface area contributed by atoms with Crippen molar-refractivity contribution in [1.29, 1.82) is 0 Å². The molecule has 8 nitrogen and oxygen atoms in total. The van der Waals surface area contributed by atoms with E-state index < -0.39 is 26.9 Å². The summed E-state index contributed by atoms with van der Waals surface area (Å²) >= 11 is 0. The number of alkyl halides is 1. The second-order valence-electron chi connectivity index (χ2n) is 6.80. The molecule has 1 unspecified atom stereocenters. The van der Waals surface area contributed by atoms with E-state index in [0.717, 1.165) is 10.4 Å². The third-order valence-electron chi connectivity index (χ3n) is 4.84. The number of halogens is 1. The van der Waals surface area contributed by atoms with Gasteiger partial charge in [0.2, 0.25) is 21.6 Å². The maximum absolute atomic E-state index is 14.9. The minimum absolute atomic E-state index is 0.0647. The predicted molar refractivity (Wildman–Crippen MR) is 104 cm³/mol. The molecule has 1 aliphatic rings. The lowest BCUT2D eigenvalue weighted by Crippen LogP contribution is -2.36. The number of hydrogen-bond acceptors (Lipinski definition) is 6. The van der Waals surface area contributed by atoms with Gasteiger partial charge in [-0.1, -0.05) is 19.1 Å². The van der Waals surface area contributed by atoms with Crippen LogP contribution >= 0.6 is 0 Å². The van der Waals surface area contributed by atoms with Gasteiger partial charge >= 0.3 is 5.97 Å². The first-order valence-electron chi connectivity index (χ1n) is 9.12. The van der Waals surface area contributed by atoms with Crippen LogP contribution in [0.3, 0.4) is 0 Å². The van der Waals surface area contributed by atoms with Crippen LogP contribution in [0.15, 0.2) is 36.5 Å². The molecule has 1 aromatic carbocycles. The number of hydrogen-bond donors (Lipinski definition) is 1. The zero-order valence-electron chi connectivity index (χ0n) is 16.1. The highest BCUT2D eigenvalue weighted by atomic mass is 32.2. The molecule has 1 heterocycles. The molecular formula is C19H22FN3O5S. The number of aliphatic carboxylic acids is 1. The fourth-order valence-electron chi connectivity index (χ4n) is 2.85. The molecule has 1 aliphatic carbocycles. The van der Waals surface area contributed by atoms with Gasteiger partial charge in [-0.3, -0.25) is 0 Å². The fourth-order valence-corrected chi connectivity index (χ4v) is 4.58. The highest BCUT2D eigenvalue weighted by molar-refractivity contribution is 7.93. The first kappa shape index (κ1) is 21.0. The molecule has 0 saturated heterocycles. The number of aromatic nitrogens is 2. The normalized spacial score (nSPS) is 16.1. The van der Waals surface area contributed by atoms with Crippen molar-refractivity contribution in [3.63, 3.8) is 0 Å². The van der Waals surface area contributed by atoms with E-state index in [4.69, 9.17) is 4.74 Å². The van der Waals surface area contributed by atoms with Gasteiger partial charge in [0, 0.05) is 6.20 Å². The van der Waals surface area contributed by atoms with Crippen LogP contribution in [0, 0.1) is 0 Å². The Bertz CT molecular complexity index is 995. The summed E-state index contributed by atoms with van der Waals surface area (Å²) in [4.78, 5) is 19.4. The Morgan fingerprint density at radius 1 is 1.31 bits per heavy atom. The molecule has 0 aliphatic heterocycles. The molecule has 1 aromatic heterocycles. The van der Waals surface area contributed by atoms with E-state index in [1.807, 2.05) is 0 Å². The molecule has 0 spiro atoms. The largest absolute Gasteiger partial charge is 0.497 e. The first-order chi connectivity index (χ1) is 13.7. The van der Waals surface area contributed by atoms with Gasteiger partial charge in [0.15, 0.2) is 0 Å². The van der Waals surface area contributed by atoms with E-state index in [2.05, 4.69) is 9.97 Å². The summed E-state index contributed by atoms with van der Waals surface area (Å²) in [5.41, 5.74) is -2.46. The molecule has 1 atom stereocenters. The highest BCUT2D eigenvalue weighted by Crippen LogP contribution is 2.35. The van der Waals surface area contributed by atoms with E-state index in [0.29, 0.717) is 24.2 Å². The third kappa shape index (κ3) is 4.16. The Hall–Kier alpha value is -2.75. The van der Waals surface area contributed by atoms with Crippen LogP contribution in [0.25, 0.3) is 0 Å². The number of nitrogens with zero attached hydrogens (tertiary/aromatic N) is 3. The molecule has 10 heteroatoms. The Labute approximate surface area is 168 Å². The number of carbonyl (C=O) groups is 1. The average Bonchev–Trinajstić information content (AvgIpc) is 3.57. The number of carboxylic acids is 1. The van der Waals surface area contributed by atoms with Crippen LogP contribution in [0.2, 0.25) is 0 Å². The maximum atomic E-state index is 14.9. The van der Waals surface area contributed by atoms with Gasteiger partial charge < -0.3 is 9.84 Å². The van der Waals surface area contributed by atoms with Gasteiger partial charge in [-0.2, -0.15) is 0 Å². The molecule has 0 bridgehead atoms. The molecule has 3 rings (SSSR count). The molecule has 1 saturated carbocycles. The monoisotopic (exact) mass is 423 g/mol. The van der Waals surface area contributed by atoms with Crippen LogP contribution in [0.5, 0.6) is 5.75 Å². The minimum atomic E-state index is -3.78. The van der Waals surface area contributed by atoms with Gasteiger partial charge in [-0.25, -0.2) is 31.9 Å². The van der Waals surface area contributed by atoms with E-state index >= 15 is 0 Å². The summed E-state index contributed by atoms with van der Waals surface area (Å²) in [5.74, 6) is -1.31. The first-order valence-corrected chi connectivity index (χ1v) is 10.6. The van der Waals surface area contributed by atoms with E-state index in [-0.39, 0.29) is 24.6 Å². The summed E-state index contributed by atoms with van der Waals surface area (Å²) in [6.45, 7) is 1.32. The number of methoxy groups -OCH3 is 1. The van der Waals surface area contributed by atoms with Gasteiger partial charge in [0.25, 0.3) is 0 Å². The Morgan fingerprint density at radius 2 is 1.97 bits per heavy atom. The molecule has 1 N–H and O–H groups in total. The highest BCUT2D eigenvalue weighted by Gasteiger charge is 2.44. The number of sulfonamides is 1. The summed E-state index contributed by atoms with van der Waals surface area (Å²) < 4.78 is 47.0. The average molecular weight is 423 g/mol. The number of benzene rings is 1. The van der Waals surface area contributed by atoms with Crippen molar-refractivity contribution >= 4 is 21.9 Å². The summed E-state index contributed by atoms with van der Waals surface area (Å²) in [6, 6.07) is 7.96. The smallest absolute Gasteiger partial charge is 0.347 e. The van der Waals surface area contributed by atoms with Crippen LogP contribution in [-0.4, -0.2) is 41.8 Å². The van der Waals surface area contributed by atoms with Crippen LogP contribution in [0.1, 0.15) is 37.4 Å².